The maximum Gasteiger partial charge on any atom is 0.0894 e. The molecule has 0 aromatic rings. The molecule has 0 saturated carbocycles. The van der Waals surface area contributed by atoms with Crippen LogP contribution in [0.3, 0.4) is 0 Å². The highest BCUT2D eigenvalue weighted by molar-refractivity contribution is 5.19. The Morgan fingerprint density at radius 1 is 1.27 bits per heavy atom. The standard InChI is InChI=1S/C13H23NO/c1-3-13(11-12(2)15)7-10-14-8-5-4-6-9-14/h3,11,15H,4-10H2,1-2H3/b12-11+,13-3-. The molecule has 1 fully saturated rings. The minimum Gasteiger partial charge on any atom is -0.513 e. The van der Waals surface area contributed by atoms with E-state index in [-0.39, 0.29) is 0 Å². The monoisotopic (exact) mass is 209 g/mol. The Bertz CT molecular complexity index is 233. The second-order valence-corrected chi connectivity index (χ2v) is 4.30. The van der Waals surface area contributed by atoms with Crippen molar-refractivity contribution >= 4 is 0 Å². The smallest absolute Gasteiger partial charge is 0.0894 e. The predicted octanol–water partition coefficient (Wildman–Crippen LogP) is 3.27. The van der Waals surface area contributed by atoms with Crippen LogP contribution in [0.15, 0.2) is 23.5 Å². The van der Waals surface area contributed by atoms with Gasteiger partial charge in [0.2, 0.25) is 0 Å². The van der Waals surface area contributed by atoms with Crippen LogP contribution in [0.25, 0.3) is 0 Å². The molecule has 0 spiro atoms. The van der Waals surface area contributed by atoms with E-state index in [2.05, 4.69) is 11.0 Å². The van der Waals surface area contributed by atoms with Crippen LogP contribution in [0.4, 0.5) is 0 Å². The van der Waals surface area contributed by atoms with Crippen molar-refractivity contribution in [1.82, 2.24) is 4.90 Å². The molecule has 0 radical (unpaired) electrons. The van der Waals surface area contributed by atoms with E-state index >= 15 is 0 Å². The van der Waals surface area contributed by atoms with Crippen molar-refractivity contribution in [1.29, 1.82) is 0 Å². The summed E-state index contributed by atoms with van der Waals surface area (Å²) < 4.78 is 0. The Hall–Kier alpha value is -0.760. The second kappa shape index (κ2) is 6.67. The molecule has 1 aliphatic heterocycles. The summed E-state index contributed by atoms with van der Waals surface area (Å²) in [6.07, 6.45) is 9.09. The fourth-order valence-corrected chi connectivity index (χ4v) is 2.04. The normalized spacial score (nSPS) is 20.7. The van der Waals surface area contributed by atoms with Gasteiger partial charge in [0.15, 0.2) is 0 Å². The summed E-state index contributed by atoms with van der Waals surface area (Å²) in [5.74, 6) is 0.404. The third-order valence-corrected chi connectivity index (χ3v) is 2.93. The van der Waals surface area contributed by atoms with Gasteiger partial charge in [0, 0.05) is 6.54 Å². The Morgan fingerprint density at radius 2 is 1.93 bits per heavy atom. The van der Waals surface area contributed by atoms with Crippen molar-refractivity contribution in [2.45, 2.75) is 39.5 Å². The summed E-state index contributed by atoms with van der Waals surface area (Å²) in [6, 6.07) is 0. The maximum atomic E-state index is 9.20. The van der Waals surface area contributed by atoms with Gasteiger partial charge < -0.3 is 10.0 Å². The fourth-order valence-electron chi connectivity index (χ4n) is 2.04. The summed E-state index contributed by atoms with van der Waals surface area (Å²) in [4.78, 5) is 2.52. The molecule has 15 heavy (non-hydrogen) atoms. The number of likely N-dealkylation sites (tertiary alicyclic amines) is 1. The highest BCUT2D eigenvalue weighted by Gasteiger charge is 2.09. The number of piperidine rings is 1. The van der Waals surface area contributed by atoms with Crippen LogP contribution < -0.4 is 0 Å². The molecule has 0 bridgehead atoms. The quantitative estimate of drug-likeness (QED) is 0.567. The van der Waals surface area contributed by atoms with Gasteiger partial charge in [-0.05, 0) is 57.8 Å². The molecule has 2 heteroatoms. The van der Waals surface area contributed by atoms with Crippen LogP contribution in [-0.4, -0.2) is 29.6 Å². The molecule has 0 aromatic heterocycles. The first-order chi connectivity index (χ1) is 7.22. The Morgan fingerprint density at radius 3 is 2.47 bits per heavy atom. The molecule has 2 nitrogen and oxygen atoms in total. The molecule has 1 aliphatic rings. The zero-order valence-corrected chi connectivity index (χ0v) is 10.00. The van der Waals surface area contributed by atoms with Crippen LogP contribution in [0.1, 0.15) is 39.5 Å². The zero-order valence-electron chi connectivity index (χ0n) is 10.00. The lowest BCUT2D eigenvalue weighted by atomic mass is 10.1. The van der Waals surface area contributed by atoms with Gasteiger partial charge in [-0.15, -0.1) is 0 Å². The second-order valence-electron chi connectivity index (χ2n) is 4.30. The van der Waals surface area contributed by atoms with Crippen molar-refractivity contribution in [3.05, 3.63) is 23.5 Å². The minimum atomic E-state index is 0.404. The van der Waals surface area contributed by atoms with Gasteiger partial charge >= 0.3 is 0 Å². The Balaban J connectivity index is 2.30. The van der Waals surface area contributed by atoms with E-state index in [0.717, 1.165) is 13.0 Å². The lowest BCUT2D eigenvalue weighted by Gasteiger charge is -2.26. The molecule has 1 rings (SSSR count). The van der Waals surface area contributed by atoms with E-state index in [0.29, 0.717) is 5.76 Å². The van der Waals surface area contributed by atoms with Gasteiger partial charge in [0.25, 0.3) is 0 Å². The van der Waals surface area contributed by atoms with Gasteiger partial charge in [-0.3, -0.25) is 0 Å². The van der Waals surface area contributed by atoms with Gasteiger partial charge in [0.05, 0.1) is 5.76 Å². The van der Waals surface area contributed by atoms with Crippen LogP contribution in [-0.2, 0) is 0 Å². The van der Waals surface area contributed by atoms with Crippen LogP contribution in [0, 0.1) is 0 Å². The highest BCUT2D eigenvalue weighted by atomic mass is 16.3. The highest BCUT2D eigenvalue weighted by Crippen LogP contribution is 2.12. The lowest BCUT2D eigenvalue weighted by Crippen LogP contribution is -2.30. The molecule has 86 valence electrons. The van der Waals surface area contributed by atoms with Crippen LogP contribution >= 0.6 is 0 Å². The topological polar surface area (TPSA) is 23.5 Å². The minimum absolute atomic E-state index is 0.404. The van der Waals surface area contributed by atoms with Crippen molar-refractivity contribution in [3.8, 4) is 0 Å². The fraction of sp³-hybridized carbons (Fsp3) is 0.692. The van der Waals surface area contributed by atoms with Gasteiger partial charge in [0.1, 0.15) is 0 Å². The number of hydrogen-bond donors (Lipinski definition) is 1. The molecule has 0 aromatic carbocycles. The summed E-state index contributed by atoms with van der Waals surface area (Å²) >= 11 is 0. The molecular formula is C13H23NO. The summed E-state index contributed by atoms with van der Waals surface area (Å²) in [7, 11) is 0. The largest absolute Gasteiger partial charge is 0.513 e. The molecular weight excluding hydrogens is 186 g/mol. The maximum absolute atomic E-state index is 9.20. The third-order valence-electron chi connectivity index (χ3n) is 2.93. The van der Waals surface area contributed by atoms with Gasteiger partial charge in [-0.25, -0.2) is 0 Å². The molecule has 0 amide bonds. The Kier molecular flexibility index (Phi) is 5.48. The molecule has 1 heterocycles. The van der Waals surface area contributed by atoms with Crippen molar-refractivity contribution in [3.63, 3.8) is 0 Å². The average Bonchev–Trinajstić information content (AvgIpc) is 2.25. The first-order valence-electron chi connectivity index (χ1n) is 5.97. The van der Waals surface area contributed by atoms with E-state index < -0.39 is 0 Å². The third kappa shape index (κ3) is 5.03. The average molecular weight is 209 g/mol. The molecule has 1 N–H and O–H groups in total. The van der Waals surface area contributed by atoms with Crippen LogP contribution in [0.5, 0.6) is 0 Å². The van der Waals surface area contributed by atoms with Crippen molar-refractivity contribution in [2.24, 2.45) is 0 Å². The van der Waals surface area contributed by atoms with Gasteiger partial charge in [-0.1, -0.05) is 12.5 Å². The van der Waals surface area contributed by atoms with Crippen molar-refractivity contribution < 1.29 is 5.11 Å². The number of aliphatic hydroxyl groups is 1. The number of nitrogens with zero attached hydrogens (tertiary/aromatic N) is 1. The molecule has 0 aliphatic carbocycles. The van der Waals surface area contributed by atoms with E-state index in [1.165, 1.54) is 37.9 Å². The first kappa shape index (κ1) is 12.3. The summed E-state index contributed by atoms with van der Waals surface area (Å²) in [6.45, 7) is 7.39. The zero-order chi connectivity index (χ0) is 11.1. The predicted molar refractivity (Wildman–Crippen MR) is 65.1 cm³/mol. The molecule has 0 unspecified atom stereocenters. The van der Waals surface area contributed by atoms with E-state index in [1.807, 2.05) is 13.0 Å². The van der Waals surface area contributed by atoms with Crippen molar-refractivity contribution in [2.75, 3.05) is 19.6 Å². The Labute approximate surface area is 93.3 Å². The number of rotatable bonds is 4. The van der Waals surface area contributed by atoms with E-state index in [9.17, 15) is 5.11 Å². The van der Waals surface area contributed by atoms with Gasteiger partial charge in [-0.2, -0.15) is 0 Å². The SMILES string of the molecule is C/C=C(\C=C(/C)O)CCN1CCCCC1. The molecule has 1 saturated heterocycles. The first-order valence-corrected chi connectivity index (χ1v) is 5.97. The van der Waals surface area contributed by atoms with Crippen LogP contribution in [0.2, 0.25) is 0 Å². The number of hydrogen-bond acceptors (Lipinski definition) is 2. The summed E-state index contributed by atoms with van der Waals surface area (Å²) in [5.41, 5.74) is 1.24. The molecule has 0 atom stereocenters. The number of allylic oxidation sites excluding steroid dienone is 3. The lowest BCUT2D eigenvalue weighted by molar-refractivity contribution is 0.231. The van der Waals surface area contributed by atoms with E-state index in [1.54, 1.807) is 6.92 Å². The van der Waals surface area contributed by atoms with E-state index in [4.69, 9.17) is 0 Å². The number of aliphatic hydroxyl groups excluding tert-OH is 1. The summed E-state index contributed by atoms with van der Waals surface area (Å²) in [5, 5.41) is 9.20.